The van der Waals surface area contributed by atoms with Crippen molar-refractivity contribution in [3.05, 3.63) is 35.2 Å². The second-order valence-corrected chi connectivity index (χ2v) is 8.36. The zero-order chi connectivity index (χ0) is 22.6. The highest BCUT2D eigenvalue weighted by Gasteiger charge is 2.47. The van der Waals surface area contributed by atoms with Gasteiger partial charge in [-0.15, -0.1) is 5.10 Å². The Morgan fingerprint density at radius 3 is 2.75 bits per heavy atom. The Balaban J connectivity index is 1.67. The summed E-state index contributed by atoms with van der Waals surface area (Å²) in [6.45, 7) is 7.14. The molecule has 1 atom stereocenters. The molecule has 32 heavy (non-hydrogen) atoms. The number of carbonyl (C=O) groups is 1. The van der Waals surface area contributed by atoms with Crippen LogP contribution in [-0.4, -0.2) is 96.1 Å². The molecular formula is C22H32N6O4. The summed E-state index contributed by atoms with van der Waals surface area (Å²) in [5, 5.41) is 12.7. The van der Waals surface area contributed by atoms with Crippen LogP contribution >= 0.6 is 0 Å². The van der Waals surface area contributed by atoms with E-state index in [4.69, 9.17) is 14.2 Å². The molecule has 0 saturated carbocycles. The highest BCUT2D eigenvalue weighted by atomic mass is 16.5. The number of aromatic nitrogens is 4. The summed E-state index contributed by atoms with van der Waals surface area (Å²) in [7, 11) is 3.30. The van der Waals surface area contributed by atoms with E-state index in [1.54, 1.807) is 14.2 Å². The molecule has 0 bridgehead atoms. The Kier molecular flexibility index (Phi) is 7.02. The monoisotopic (exact) mass is 444 g/mol. The van der Waals surface area contributed by atoms with Gasteiger partial charge in [-0.2, -0.15) is 0 Å². The third kappa shape index (κ3) is 4.35. The van der Waals surface area contributed by atoms with Crippen LogP contribution in [-0.2, 0) is 21.6 Å². The van der Waals surface area contributed by atoms with E-state index in [2.05, 4.69) is 20.4 Å². The van der Waals surface area contributed by atoms with E-state index in [-0.39, 0.29) is 5.91 Å². The standard InChI is InChI=1S/C22H32N6O4/c1-17-15-18(31-3)5-6-19(17)20(29)26-8-4-7-22(16-26,27-9-13-32-14-10-27)21-23-24-25-28(21)11-12-30-2/h5-6,15H,4,7-14,16H2,1-3H3. The van der Waals surface area contributed by atoms with Gasteiger partial charge in [0, 0.05) is 38.9 Å². The lowest BCUT2D eigenvalue weighted by Crippen LogP contribution is -2.61. The number of rotatable bonds is 7. The van der Waals surface area contributed by atoms with Crippen molar-refractivity contribution in [2.24, 2.45) is 0 Å². The first kappa shape index (κ1) is 22.6. The van der Waals surface area contributed by atoms with Crippen molar-refractivity contribution in [2.75, 3.05) is 60.2 Å². The molecule has 174 valence electrons. The predicted octanol–water partition coefficient (Wildman–Crippen LogP) is 1.10. The van der Waals surface area contributed by atoms with Crippen molar-refractivity contribution >= 4 is 5.91 Å². The predicted molar refractivity (Wildman–Crippen MR) is 117 cm³/mol. The molecule has 3 heterocycles. The number of ether oxygens (including phenoxy) is 3. The Morgan fingerprint density at radius 2 is 2.03 bits per heavy atom. The first-order valence-corrected chi connectivity index (χ1v) is 11.1. The highest BCUT2D eigenvalue weighted by molar-refractivity contribution is 5.96. The van der Waals surface area contributed by atoms with Gasteiger partial charge in [-0.25, -0.2) is 4.68 Å². The van der Waals surface area contributed by atoms with Crippen molar-refractivity contribution < 1.29 is 19.0 Å². The third-order valence-electron chi connectivity index (χ3n) is 6.49. The number of methoxy groups -OCH3 is 2. The number of benzene rings is 1. The van der Waals surface area contributed by atoms with Gasteiger partial charge in [-0.05, 0) is 54.0 Å². The van der Waals surface area contributed by atoms with Crippen molar-refractivity contribution in [1.29, 1.82) is 0 Å². The Morgan fingerprint density at radius 1 is 1.22 bits per heavy atom. The molecule has 0 aliphatic carbocycles. The van der Waals surface area contributed by atoms with E-state index in [9.17, 15) is 4.79 Å². The van der Waals surface area contributed by atoms with Crippen LogP contribution in [0.15, 0.2) is 18.2 Å². The molecule has 10 nitrogen and oxygen atoms in total. The normalized spacial score (nSPS) is 22.2. The largest absolute Gasteiger partial charge is 0.497 e. The maximum atomic E-state index is 13.6. The molecule has 2 aliphatic rings. The van der Waals surface area contributed by atoms with Gasteiger partial charge in [0.2, 0.25) is 0 Å². The number of tetrazole rings is 1. The van der Waals surface area contributed by atoms with Crippen LogP contribution in [0.2, 0.25) is 0 Å². The average molecular weight is 445 g/mol. The number of hydrogen-bond donors (Lipinski definition) is 0. The quantitative estimate of drug-likeness (QED) is 0.627. The molecule has 2 saturated heterocycles. The number of nitrogens with zero attached hydrogens (tertiary/aromatic N) is 6. The van der Waals surface area contributed by atoms with E-state index in [0.29, 0.717) is 45.0 Å². The van der Waals surface area contributed by atoms with Crippen LogP contribution in [0.5, 0.6) is 5.75 Å². The van der Waals surface area contributed by atoms with Gasteiger partial charge in [-0.3, -0.25) is 9.69 Å². The number of likely N-dealkylation sites (tertiary alicyclic amines) is 1. The molecule has 2 aliphatic heterocycles. The molecule has 1 aromatic carbocycles. The second kappa shape index (κ2) is 9.93. The minimum absolute atomic E-state index is 0.0263. The molecule has 2 aromatic rings. The second-order valence-electron chi connectivity index (χ2n) is 8.36. The molecule has 0 N–H and O–H groups in total. The zero-order valence-electron chi connectivity index (χ0n) is 19.1. The van der Waals surface area contributed by atoms with Gasteiger partial charge in [0.15, 0.2) is 5.82 Å². The zero-order valence-corrected chi connectivity index (χ0v) is 19.1. The van der Waals surface area contributed by atoms with Crippen LogP contribution < -0.4 is 4.74 Å². The van der Waals surface area contributed by atoms with Gasteiger partial charge in [0.05, 0.1) is 33.5 Å². The van der Waals surface area contributed by atoms with E-state index in [1.807, 2.05) is 34.7 Å². The number of piperidine rings is 1. The summed E-state index contributed by atoms with van der Waals surface area (Å²) < 4.78 is 18.0. The van der Waals surface area contributed by atoms with Crippen LogP contribution in [0.25, 0.3) is 0 Å². The topological polar surface area (TPSA) is 94.8 Å². The number of aryl methyl sites for hydroxylation is 1. The number of hydrogen-bond acceptors (Lipinski definition) is 8. The summed E-state index contributed by atoms with van der Waals surface area (Å²) in [4.78, 5) is 17.9. The highest BCUT2D eigenvalue weighted by Crippen LogP contribution is 2.37. The lowest BCUT2D eigenvalue weighted by Gasteiger charge is -2.49. The molecule has 1 unspecified atom stereocenters. The third-order valence-corrected chi connectivity index (χ3v) is 6.49. The molecule has 0 spiro atoms. The summed E-state index contributed by atoms with van der Waals surface area (Å²) in [6, 6.07) is 5.59. The lowest BCUT2D eigenvalue weighted by atomic mass is 9.85. The molecular weight excluding hydrogens is 412 g/mol. The van der Waals surface area contributed by atoms with Gasteiger partial charge < -0.3 is 19.1 Å². The van der Waals surface area contributed by atoms with E-state index < -0.39 is 5.54 Å². The first-order valence-electron chi connectivity index (χ1n) is 11.1. The summed E-state index contributed by atoms with van der Waals surface area (Å²) in [6.07, 6.45) is 1.75. The lowest BCUT2D eigenvalue weighted by molar-refractivity contribution is -0.0573. The Hall–Kier alpha value is -2.56. The molecule has 1 aromatic heterocycles. The summed E-state index contributed by atoms with van der Waals surface area (Å²) in [5.74, 6) is 1.57. The van der Waals surface area contributed by atoms with Crippen molar-refractivity contribution in [3.63, 3.8) is 0 Å². The molecule has 1 amide bonds. The molecule has 2 fully saturated rings. The van der Waals surface area contributed by atoms with Gasteiger partial charge in [0.25, 0.3) is 5.91 Å². The Labute approximate surface area is 188 Å². The van der Waals surface area contributed by atoms with Gasteiger partial charge in [-0.1, -0.05) is 0 Å². The van der Waals surface area contributed by atoms with E-state index >= 15 is 0 Å². The number of morpholine rings is 1. The van der Waals surface area contributed by atoms with Crippen LogP contribution in [0.4, 0.5) is 0 Å². The maximum absolute atomic E-state index is 13.6. The minimum Gasteiger partial charge on any atom is -0.497 e. The number of amides is 1. The van der Waals surface area contributed by atoms with Crippen LogP contribution in [0.1, 0.15) is 34.6 Å². The maximum Gasteiger partial charge on any atom is 0.254 e. The van der Waals surface area contributed by atoms with Gasteiger partial charge >= 0.3 is 0 Å². The molecule has 4 rings (SSSR count). The number of carbonyl (C=O) groups excluding carboxylic acids is 1. The van der Waals surface area contributed by atoms with Crippen molar-refractivity contribution in [2.45, 2.75) is 31.8 Å². The smallest absolute Gasteiger partial charge is 0.254 e. The first-order chi connectivity index (χ1) is 15.6. The molecule has 0 radical (unpaired) electrons. The summed E-state index contributed by atoms with van der Waals surface area (Å²) in [5.41, 5.74) is 1.14. The Bertz CT molecular complexity index is 929. The van der Waals surface area contributed by atoms with Crippen molar-refractivity contribution in [1.82, 2.24) is 30.0 Å². The van der Waals surface area contributed by atoms with E-state index in [1.165, 1.54) is 0 Å². The minimum atomic E-state index is -0.463. The fourth-order valence-electron chi connectivity index (χ4n) is 4.82. The van der Waals surface area contributed by atoms with E-state index in [0.717, 1.165) is 43.1 Å². The fourth-order valence-corrected chi connectivity index (χ4v) is 4.82. The average Bonchev–Trinajstić information content (AvgIpc) is 3.32. The van der Waals surface area contributed by atoms with Gasteiger partial charge in [0.1, 0.15) is 11.3 Å². The summed E-state index contributed by atoms with van der Waals surface area (Å²) >= 11 is 0. The SMILES string of the molecule is COCCn1nnnc1C1(N2CCOCC2)CCCN(C(=O)c2ccc(OC)cc2C)C1. The fraction of sp³-hybridized carbons (Fsp3) is 0.636. The van der Waals surface area contributed by atoms with Crippen molar-refractivity contribution in [3.8, 4) is 5.75 Å². The molecule has 10 heteroatoms. The van der Waals surface area contributed by atoms with Crippen LogP contribution in [0, 0.1) is 6.92 Å². The van der Waals surface area contributed by atoms with Crippen LogP contribution in [0.3, 0.4) is 0 Å².